The van der Waals surface area contributed by atoms with Crippen LogP contribution >= 0.6 is 11.8 Å². The van der Waals surface area contributed by atoms with Crippen LogP contribution in [0.4, 0.5) is 0 Å². The van der Waals surface area contributed by atoms with Crippen molar-refractivity contribution in [3.63, 3.8) is 0 Å². The van der Waals surface area contributed by atoms with E-state index in [1.54, 1.807) is 7.11 Å². The van der Waals surface area contributed by atoms with Crippen LogP contribution in [0.25, 0.3) is 0 Å². The molecule has 0 amide bonds. The third-order valence-corrected chi connectivity index (χ3v) is 4.23. The number of thioether (sulfide) groups is 1. The molecule has 0 aliphatic rings. The number of ether oxygens (including phenoxy) is 1. The highest BCUT2D eigenvalue weighted by Crippen LogP contribution is 2.23. The quantitative estimate of drug-likeness (QED) is 0.730. The molecule has 0 radical (unpaired) electrons. The van der Waals surface area contributed by atoms with E-state index in [1.165, 1.54) is 16.7 Å². The van der Waals surface area contributed by atoms with Crippen LogP contribution in [-0.4, -0.2) is 32.3 Å². The number of hydrogen-bond donors (Lipinski definition) is 1. The van der Waals surface area contributed by atoms with Crippen LogP contribution in [0.1, 0.15) is 29.2 Å². The first kappa shape index (κ1) is 15.5. The van der Waals surface area contributed by atoms with Crippen LogP contribution in [0.2, 0.25) is 0 Å². The van der Waals surface area contributed by atoms with Crippen molar-refractivity contribution in [2.24, 2.45) is 0 Å². The third-order valence-electron chi connectivity index (χ3n) is 3.08. The van der Waals surface area contributed by atoms with Gasteiger partial charge in [-0.25, -0.2) is 0 Å². The number of rotatable bonds is 8. The first-order valence-electron chi connectivity index (χ1n) is 6.50. The average Bonchev–Trinajstić information content (AvgIpc) is 2.37. The van der Waals surface area contributed by atoms with Gasteiger partial charge >= 0.3 is 0 Å². The fraction of sp³-hybridized carbons (Fsp3) is 0.600. The van der Waals surface area contributed by atoms with Gasteiger partial charge in [0.1, 0.15) is 0 Å². The Morgan fingerprint density at radius 1 is 1.33 bits per heavy atom. The third kappa shape index (κ3) is 5.01. The van der Waals surface area contributed by atoms with E-state index in [0.29, 0.717) is 6.04 Å². The summed E-state index contributed by atoms with van der Waals surface area (Å²) in [6, 6.07) is 7.13. The monoisotopic (exact) mass is 267 g/mol. The predicted octanol–water partition coefficient (Wildman–Crippen LogP) is 3.33. The largest absolute Gasteiger partial charge is 0.385 e. The van der Waals surface area contributed by atoms with Crippen LogP contribution < -0.4 is 5.32 Å². The van der Waals surface area contributed by atoms with Crippen molar-refractivity contribution in [2.45, 2.75) is 26.3 Å². The molecule has 1 aromatic carbocycles. The summed E-state index contributed by atoms with van der Waals surface area (Å²) in [5, 5.41) is 3.43. The lowest BCUT2D eigenvalue weighted by Crippen LogP contribution is -2.20. The molecule has 0 aliphatic carbocycles. The van der Waals surface area contributed by atoms with E-state index in [0.717, 1.165) is 24.5 Å². The molecule has 18 heavy (non-hydrogen) atoms. The first-order chi connectivity index (χ1) is 8.69. The topological polar surface area (TPSA) is 21.3 Å². The molecular weight excluding hydrogens is 242 g/mol. The summed E-state index contributed by atoms with van der Waals surface area (Å²) in [6.07, 6.45) is 1.13. The summed E-state index contributed by atoms with van der Waals surface area (Å²) < 4.78 is 5.07. The average molecular weight is 267 g/mol. The summed E-state index contributed by atoms with van der Waals surface area (Å²) in [5.74, 6) is 2.28. The molecule has 0 aromatic heterocycles. The van der Waals surface area contributed by atoms with E-state index < -0.39 is 0 Å². The standard InChI is InChI=1S/C15H25NOS/c1-12-6-7-13(2)14(10-12)15(16-3)11-18-9-5-8-17-4/h6-7,10,15-16H,5,8-9,11H2,1-4H3. The molecule has 1 rings (SSSR count). The lowest BCUT2D eigenvalue weighted by atomic mass is 10.0. The Labute approximate surface area is 116 Å². The highest BCUT2D eigenvalue weighted by Gasteiger charge is 2.11. The van der Waals surface area contributed by atoms with Crippen molar-refractivity contribution in [1.29, 1.82) is 0 Å². The predicted molar refractivity (Wildman–Crippen MR) is 81.5 cm³/mol. The number of aryl methyl sites for hydroxylation is 2. The van der Waals surface area contributed by atoms with Crippen molar-refractivity contribution in [3.8, 4) is 0 Å². The molecule has 3 heteroatoms. The normalized spacial score (nSPS) is 12.7. The van der Waals surface area contributed by atoms with E-state index in [1.807, 2.05) is 18.8 Å². The van der Waals surface area contributed by atoms with E-state index >= 15 is 0 Å². The van der Waals surface area contributed by atoms with Crippen LogP contribution in [0, 0.1) is 13.8 Å². The Morgan fingerprint density at radius 3 is 2.78 bits per heavy atom. The van der Waals surface area contributed by atoms with Crippen molar-refractivity contribution >= 4 is 11.8 Å². The Hall–Kier alpha value is -0.510. The molecule has 2 nitrogen and oxygen atoms in total. The molecule has 0 saturated carbocycles. The van der Waals surface area contributed by atoms with Gasteiger partial charge in [0.25, 0.3) is 0 Å². The molecule has 1 unspecified atom stereocenters. The minimum Gasteiger partial charge on any atom is -0.385 e. The van der Waals surface area contributed by atoms with Crippen LogP contribution in [-0.2, 0) is 4.74 Å². The Bertz CT molecular complexity index is 354. The van der Waals surface area contributed by atoms with Gasteiger partial charge in [-0.15, -0.1) is 0 Å². The zero-order valence-electron chi connectivity index (χ0n) is 12.0. The molecular formula is C15H25NOS. The van der Waals surface area contributed by atoms with Crippen molar-refractivity contribution in [3.05, 3.63) is 34.9 Å². The summed E-state index contributed by atoms with van der Waals surface area (Å²) in [6.45, 7) is 5.21. The van der Waals surface area contributed by atoms with Gasteiger partial charge in [0.15, 0.2) is 0 Å². The molecule has 0 saturated heterocycles. The van der Waals surface area contributed by atoms with Gasteiger partial charge in [0.2, 0.25) is 0 Å². The smallest absolute Gasteiger partial charge is 0.0470 e. The molecule has 0 bridgehead atoms. The van der Waals surface area contributed by atoms with Crippen LogP contribution in [0.15, 0.2) is 18.2 Å². The highest BCUT2D eigenvalue weighted by molar-refractivity contribution is 7.99. The summed E-state index contributed by atoms with van der Waals surface area (Å²) in [7, 11) is 3.80. The summed E-state index contributed by atoms with van der Waals surface area (Å²) in [4.78, 5) is 0. The zero-order chi connectivity index (χ0) is 13.4. The van der Waals surface area contributed by atoms with Gasteiger partial charge in [-0.1, -0.05) is 23.8 Å². The Kier molecular flexibility index (Phi) is 7.40. The van der Waals surface area contributed by atoms with Gasteiger partial charge in [0, 0.05) is 25.5 Å². The Balaban J connectivity index is 2.52. The van der Waals surface area contributed by atoms with Gasteiger partial charge < -0.3 is 10.1 Å². The second kappa shape index (κ2) is 8.57. The Morgan fingerprint density at radius 2 is 2.11 bits per heavy atom. The molecule has 102 valence electrons. The van der Waals surface area contributed by atoms with Crippen molar-refractivity contribution in [2.75, 3.05) is 32.3 Å². The second-order valence-corrected chi connectivity index (χ2v) is 5.77. The summed E-state index contributed by atoms with van der Waals surface area (Å²) in [5.41, 5.74) is 4.13. The number of hydrogen-bond acceptors (Lipinski definition) is 3. The fourth-order valence-corrected chi connectivity index (χ4v) is 3.04. The maximum atomic E-state index is 5.07. The van der Waals surface area contributed by atoms with Gasteiger partial charge in [-0.2, -0.15) is 11.8 Å². The first-order valence-corrected chi connectivity index (χ1v) is 7.65. The molecule has 1 N–H and O–H groups in total. The van der Waals surface area contributed by atoms with Gasteiger partial charge in [-0.3, -0.25) is 0 Å². The number of benzene rings is 1. The van der Waals surface area contributed by atoms with Crippen LogP contribution in [0.5, 0.6) is 0 Å². The molecule has 0 fully saturated rings. The highest BCUT2D eigenvalue weighted by atomic mass is 32.2. The number of nitrogens with one attached hydrogen (secondary N) is 1. The van der Waals surface area contributed by atoms with Crippen LogP contribution in [0.3, 0.4) is 0 Å². The molecule has 1 aromatic rings. The lowest BCUT2D eigenvalue weighted by Gasteiger charge is -2.19. The minimum absolute atomic E-state index is 0.442. The van der Waals surface area contributed by atoms with E-state index in [2.05, 4.69) is 37.4 Å². The number of methoxy groups -OCH3 is 1. The van der Waals surface area contributed by atoms with Gasteiger partial charge in [0.05, 0.1) is 0 Å². The van der Waals surface area contributed by atoms with E-state index in [9.17, 15) is 0 Å². The molecule has 0 spiro atoms. The van der Waals surface area contributed by atoms with Crippen molar-refractivity contribution in [1.82, 2.24) is 5.32 Å². The minimum atomic E-state index is 0.442. The SMILES string of the molecule is CNC(CSCCCOC)c1cc(C)ccc1C. The van der Waals surface area contributed by atoms with Gasteiger partial charge in [-0.05, 0) is 44.2 Å². The maximum Gasteiger partial charge on any atom is 0.0470 e. The van der Waals surface area contributed by atoms with E-state index in [4.69, 9.17) is 4.74 Å². The molecule has 0 aliphatic heterocycles. The maximum absolute atomic E-state index is 5.07. The molecule has 1 atom stereocenters. The lowest BCUT2D eigenvalue weighted by molar-refractivity contribution is 0.200. The van der Waals surface area contributed by atoms with E-state index in [-0.39, 0.29) is 0 Å². The molecule has 0 heterocycles. The second-order valence-electron chi connectivity index (χ2n) is 4.62. The summed E-state index contributed by atoms with van der Waals surface area (Å²) >= 11 is 1.99. The fourth-order valence-electron chi connectivity index (χ4n) is 1.97. The zero-order valence-corrected chi connectivity index (χ0v) is 12.8. The van der Waals surface area contributed by atoms with Crippen molar-refractivity contribution < 1.29 is 4.74 Å².